The third kappa shape index (κ3) is 2.72. The van der Waals surface area contributed by atoms with Gasteiger partial charge in [-0.1, -0.05) is 10.7 Å². The maximum atomic E-state index is 8.24. The first-order chi connectivity index (χ1) is 4.84. The Kier molecular flexibility index (Phi) is 4.55. The van der Waals surface area contributed by atoms with Gasteiger partial charge in [0.25, 0.3) is 0 Å². The number of nitrogens with zero attached hydrogens (tertiary/aromatic N) is 1. The first kappa shape index (κ1) is 10.2. The van der Waals surface area contributed by atoms with Gasteiger partial charge in [0.15, 0.2) is 0 Å². The molecule has 0 amide bonds. The largest absolute Gasteiger partial charge is 0.409 e. The molecular weight excluding hydrogens is 312 g/mol. The summed E-state index contributed by atoms with van der Waals surface area (Å²) in [7, 11) is 0. The van der Waals surface area contributed by atoms with Crippen LogP contribution >= 0.6 is 0 Å². The molecule has 1 rings (SSSR count). The second-order valence-corrected chi connectivity index (χ2v) is 1.77. The van der Waals surface area contributed by atoms with Crippen LogP contribution in [0.5, 0.6) is 0 Å². The molecule has 0 aliphatic carbocycles. The quantitative estimate of drug-likeness (QED) is 0.262. The number of hydrogen-bond acceptors (Lipinski definition) is 2. The summed E-state index contributed by atoms with van der Waals surface area (Å²) < 4.78 is 0. The summed E-state index contributed by atoms with van der Waals surface area (Å²) in [5, 5.41) is 11.1. The van der Waals surface area contributed by atoms with Crippen LogP contribution in [0.15, 0.2) is 29.4 Å². The van der Waals surface area contributed by atoms with Gasteiger partial charge < -0.3 is 10.9 Å². The first-order valence-electron chi connectivity index (χ1n) is 2.78. The van der Waals surface area contributed by atoms with Crippen molar-refractivity contribution in [3.63, 3.8) is 0 Å². The molecule has 1 aromatic carbocycles. The van der Waals surface area contributed by atoms with Crippen molar-refractivity contribution < 1.29 is 26.3 Å². The van der Waals surface area contributed by atoms with Crippen LogP contribution in [0, 0.1) is 6.07 Å². The molecule has 0 aliphatic rings. The minimum Gasteiger partial charge on any atom is -0.409 e. The molecule has 3 nitrogen and oxygen atoms in total. The number of rotatable bonds is 1. The average Bonchev–Trinajstić information content (AvgIpc) is 2.05. The maximum absolute atomic E-state index is 8.24. The van der Waals surface area contributed by atoms with E-state index >= 15 is 0 Å². The third-order valence-electron chi connectivity index (χ3n) is 1.12. The Labute approximate surface area is 79.2 Å². The molecular formula is C7H7N2OW-. The summed E-state index contributed by atoms with van der Waals surface area (Å²) in [6.45, 7) is 0. The van der Waals surface area contributed by atoms with Crippen LogP contribution in [0.25, 0.3) is 0 Å². The second kappa shape index (κ2) is 4.91. The van der Waals surface area contributed by atoms with E-state index in [9.17, 15) is 0 Å². The van der Waals surface area contributed by atoms with Crippen LogP contribution < -0.4 is 5.73 Å². The first-order valence-corrected chi connectivity index (χ1v) is 2.78. The van der Waals surface area contributed by atoms with Crippen molar-refractivity contribution in [3.05, 3.63) is 35.9 Å². The van der Waals surface area contributed by atoms with Crippen LogP contribution in [0.3, 0.4) is 0 Å². The Morgan fingerprint density at radius 1 is 1.45 bits per heavy atom. The van der Waals surface area contributed by atoms with E-state index in [1.165, 1.54) is 0 Å². The molecule has 1 aromatic rings. The van der Waals surface area contributed by atoms with Gasteiger partial charge in [-0.15, -0.1) is 0 Å². The fourth-order valence-corrected chi connectivity index (χ4v) is 0.615. The molecule has 58 valence electrons. The molecule has 0 heterocycles. The van der Waals surface area contributed by atoms with Crippen LogP contribution in [0.2, 0.25) is 0 Å². The van der Waals surface area contributed by atoms with E-state index in [0.29, 0.717) is 5.56 Å². The predicted octanol–water partition coefficient (Wildman–Crippen LogP) is 0.579. The van der Waals surface area contributed by atoms with E-state index in [2.05, 4.69) is 11.2 Å². The Bertz CT molecular complexity index is 235. The molecule has 3 N–H and O–H groups in total. The number of nitrogens with two attached hydrogens (primary N) is 1. The van der Waals surface area contributed by atoms with Gasteiger partial charge in [0.2, 0.25) is 0 Å². The summed E-state index contributed by atoms with van der Waals surface area (Å²) >= 11 is 0. The molecule has 0 bridgehead atoms. The van der Waals surface area contributed by atoms with E-state index in [4.69, 9.17) is 10.9 Å². The Hall–Kier alpha value is -0.822. The van der Waals surface area contributed by atoms with Crippen molar-refractivity contribution in [2.24, 2.45) is 10.9 Å². The molecule has 4 heteroatoms. The molecule has 0 aromatic heterocycles. The van der Waals surface area contributed by atoms with E-state index in [1.54, 1.807) is 24.3 Å². The zero-order chi connectivity index (χ0) is 7.40. The van der Waals surface area contributed by atoms with Gasteiger partial charge in [0.1, 0.15) is 5.84 Å². The summed E-state index contributed by atoms with van der Waals surface area (Å²) in [5.74, 6) is 0.119. The Balaban J connectivity index is 0.000001000. The summed E-state index contributed by atoms with van der Waals surface area (Å²) in [6.07, 6.45) is 0. The molecule has 0 saturated carbocycles. The fourth-order valence-electron chi connectivity index (χ4n) is 0.615. The maximum Gasteiger partial charge on any atom is 0.145 e. The predicted molar refractivity (Wildman–Crippen MR) is 37.8 cm³/mol. The number of benzene rings is 1. The Morgan fingerprint density at radius 3 is 2.45 bits per heavy atom. The van der Waals surface area contributed by atoms with Gasteiger partial charge in [-0.05, 0) is 0 Å². The number of amidine groups is 1. The van der Waals surface area contributed by atoms with Gasteiger partial charge in [-0.2, -0.15) is 30.3 Å². The van der Waals surface area contributed by atoms with Crippen LogP contribution in [0.4, 0.5) is 0 Å². The summed E-state index contributed by atoms with van der Waals surface area (Å²) in [5.41, 5.74) is 5.98. The minimum atomic E-state index is 0. The molecule has 0 aliphatic heterocycles. The normalized spacial score (nSPS) is 10.4. The van der Waals surface area contributed by atoms with Gasteiger partial charge in [0.05, 0.1) is 0 Å². The topological polar surface area (TPSA) is 58.6 Å². The van der Waals surface area contributed by atoms with Crippen LogP contribution in [0.1, 0.15) is 5.56 Å². The Morgan fingerprint density at radius 2 is 2.00 bits per heavy atom. The van der Waals surface area contributed by atoms with Gasteiger partial charge >= 0.3 is 0 Å². The molecule has 0 radical (unpaired) electrons. The number of hydrogen-bond donors (Lipinski definition) is 2. The van der Waals surface area contributed by atoms with Gasteiger partial charge in [-0.25, -0.2) is 0 Å². The fraction of sp³-hybridized carbons (Fsp3) is 0. The molecule has 0 fully saturated rings. The molecule has 0 unspecified atom stereocenters. The molecule has 11 heavy (non-hydrogen) atoms. The van der Waals surface area contributed by atoms with Crippen molar-refractivity contribution in [2.75, 3.05) is 0 Å². The van der Waals surface area contributed by atoms with Gasteiger partial charge in [0, 0.05) is 21.1 Å². The van der Waals surface area contributed by atoms with E-state index in [-0.39, 0.29) is 26.9 Å². The van der Waals surface area contributed by atoms with Crippen LogP contribution in [-0.2, 0) is 21.1 Å². The monoisotopic (exact) mass is 319 g/mol. The van der Waals surface area contributed by atoms with Gasteiger partial charge in [-0.3, -0.25) is 0 Å². The smallest absolute Gasteiger partial charge is 0.145 e. The van der Waals surface area contributed by atoms with Crippen molar-refractivity contribution in [1.29, 1.82) is 0 Å². The van der Waals surface area contributed by atoms with E-state index in [1.807, 2.05) is 0 Å². The van der Waals surface area contributed by atoms with Crippen molar-refractivity contribution in [2.45, 2.75) is 0 Å². The standard InChI is InChI=1S/C7H7N2O.W/c8-7(9-10)6-4-2-1-3-5-6;/h2-5,10H,(H2,8,9);/q-1;. The van der Waals surface area contributed by atoms with Crippen molar-refractivity contribution in [1.82, 2.24) is 0 Å². The molecule has 0 spiro atoms. The molecule has 0 saturated heterocycles. The van der Waals surface area contributed by atoms with Crippen molar-refractivity contribution in [3.8, 4) is 0 Å². The average molecular weight is 319 g/mol. The third-order valence-corrected chi connectivity index (χ3v) is 1.12. The minimum absolute atomic E-state index is 0. The molecule has 0 atom stereocenters. The van der Waals surface area contributed by atoms with Crippen LogP contribution in [-0.4, -0.2) is 11.0 Å². The van der Waals surface area contributed by atoms with E-state index in [0.717, 1.165) is 0 Å². The second-order valence-electron chi connectivity index (χ2n) is 1.77. The van der Waals surface area contributed by atoms with E-state index < -0.39 is 0 Å². The summed E-state index contributed by atoms with van der Waals surface area (Å²) in [4.78, 5) is 0. The number of oxime groups is 1. The van der Waals surface area contributed by atoms with Crippen molar-refractivity contribution >= 4 is 5.84 Å². The summed E-state index contributed by atoms with van der Waals surface area (Å²) in [6, 6.07) is 9.66. The zero-order valence-corrected chi connectivity index (χ0v) is 8.62. The SMILES string of the molecule is N/C(=N\O)c1cc[c-]cc1.[W]. The zero-order valence-electron chi connectivity index (χ0n) is 5.69.